The van der Waals surface area contributed by atoms with Crippen LogP contribution in [-0.4, -0.2) is 44.9 Å². The molecule has 0 saturated carbocycles. The number of carbonyl (C=O) groups is 1. The quantitative estimate of drug-likeness (QED) is 0.737. The van der Waals surface area contributed by atoms with E-state index in [4.69, 9.17) is 5.73 Å². The fraction of sp³-hybridized carbons (Fsp3) is 0.286. The minimum atomic E-state index is -0.111. The number of nitrogens with zero attached hydrogens (tertiary/aromatic N) is 4. The first-order valence-corrected chi connectivity index (χ1v) is 9.13. The molecule has 3 aromatic rings. The molecule has 1 aliphatic rings. The van der Waals surface area contributed by atoms with Crippen LogP contribution in [0.4, 0.5) is 0 Å². The molecule has 2 aromatic carbocycles. The zero-order valence-corrected chi connectivity index (χ0v) is 16.8. The molecule has 7 heteroatoms. The van der Waals surface area contributed by atoms with E-state index in [2.05, 4.69) is 22.4 Å². The minimum absolute atomic E-state index is 0. The highest BCUT2D eigenvalue weighted by Crippen LogP contribution is 2.27. The van der Waals surface area contributed by atoms with Gasteiger partial charge in [-0.1, -0.05) is 53.2 Å². The highest BCUT2D eigenvalue weighted by molar-refractivity contribution is 5.93. The first-order valence-electron chi connectivity index (χ1n) is 9.13. The van der Waals surface area contributed by atoms with Gasteiger partial charge in [-0.3, -0.25) is 4.79 Å². The largest absolute Gasteiger partial charge is 0.335 e. The van der Waals surface area contributed by atoms with Crippen LogP contribution < -0.4 is 5.73 Å². The fourth-order valence-electron chi connectivity index (χ4n) is 3.66. The number of aryl methyl sites for hydroxylation is 1. The zero-order valence-electron chi connectivity index (χ0n) is 15.9. The number of nitrogens with two attached hydrogens (primary N) is 1. The Morgan fingerprint density at radius 1 is 1.04 bits per heavy atom. The lowest BCUT2D eigenvalue weighted by atomic mass is 9.95. The van der Waals surface area contributed by atoms with E-state index in [-0.39, 0.29) is 30.3 Å². The van der Waals surface area contributed by atoms with Gasteiger partial charge >= 0.3 is 0 Å². The number of carbonyl (C=O) groups excluding carboxylic acids is 1. The van der Waals surface area contributed by atoms with Gasteiger partial charge in [-0.25, -0.2) is 4.68 Å². The van der Waals surface area contributed by atoms with Crippen molar-refractivity contribution in [2.24, 2.45) is 5.73 Å². The molecule has 0 spiro atoms. The Hall–Kier alpha value is -2.70. The smallest absolute Gasteiger partial charge is 0.276 e. The van der Waals surface area contributed by atoms with Crippen LogP contribution in [-0.2, 0) is 0 Å². The van der Waals surface area contributed by atoms with Gasteiger partial charge in [-0.05, 0) is 31.5 Å². The van der Waals surface area contributed by atoms with Gasteiger partial charge in [-0.2, -0.15) is 0 Å². The summed E-state index contributed by atoms with van der Waals surface area (Å²) in [5, 5.41) is 8.36. The van der Waals surface area contributed by atoms with E-state index in [0.717, 1.165) is 11.4 Å². The van der Waals surface area contributed by atoms with Gasteiger partial charge in [0.25, 0.3) is 5.91 Å². The molecule has 0 bridgehead atoms. The standard InChI is InChI=1S/C21H23N5O.ClH/c1-14-8-10-17(11-9-14)26-15(2)20(23-24-26)21(27)25-12-18(19(22)13-25)16-6-4-3-5-7-16;/h3-11,18-19H,12-13,22H2,1-2H3;1H/t18-,19+;/m0./s1. The van der Waals surface area contributed by atoms with Gasteiger partial charge in [0.1, 0.15) is 0 Å². The number of hydrogen-bond acceptors (Lipinski definition) is 4. The van der Waals surface area contributed by atoms with Crippen molar-refractivity contribution in [3.05, 3.63) is 77.1 Å². The molecule has 1 aliphatic heterocycles. The molecule has 1 saturated heterocycles. The normalized spacial score (nSPS) is 18.8. The van der Waals surface area contributed by atoms with E-state index in [0.29, 0.717) is 18.8 Å². The van der Waals surface area contributed by atoms with Crippen LogP contribution in [0, 0.1) is 13.8 Å². The second kappa shape index (κ2) is 8.12. The van der Waals surface area contributed by atoms with Crippen LogP contribution in [0.3, 0.4) is 0 Å². The van der Waals surface area contributed by atoms with Gasteiger partial charge < -0.3 is 10.6 Å². The molecule has 0 aliphatic carbocycles. The topological polar surface area (TPSA) is 77.0 Å². The van der Waals surface area contributed by atoms with Crippen molar-refractivity contribution < 1.29 is 4.79 Å². The summed E-state index contributed by atoms with van der Waals surface area (Å²) in [4.78, 5) is 14.8. The molecule has 0 radical (unpaired) electrons. The van der Waals surface area contributed by atoms with Crippen molar-refractivity contribution in [1.29, 1.82) is 0 Å². The van der Waals surface area contributed by atoms with E-state index in [1.165, 1.54) is 11.1 Å². The minimum Gasteiger partial charge on any atom is -0.335 e. The van der Waals surface area contributed by atoms with Crippen molar-refractivity contribution in [2.45, 2.75) is 25.8 Å². The van der Waals surface area contributed by atoms with Crippen LogP contribution in [0.25, 0.3) is 5.69 Å². The maximum Gasteiger partial charge on any atom is 0.276 e. The third kappa shape index (κ3) is 3.66. The maximum absolute atomic E-state index is 13.0. The number of rotatable bonds is 3. The summed E-state index contributed by atoms with van der Waals surface area (Å²) in [7, 11) is 0. The summed E-state index contributed by atoms with van der Waals surface area (Å²) in [6.07, 6.45) is 0. The molecule has 2 N–H and O–H groups in total. The van der Waals surface area contributed by atoms with E-state index in [1.807, 2.05) is 56.3 Å². The SMILES string of the molecule is Cc1ccc(-n2nnc(C(=O)N3C[C@@H](N)[C@H](c4ccccc4)C3)c2C)cc1.Cl. The Labute approximate surface area is 170 Å². The number of aromatic nitrogens is 3. The van der Waals surface area contributed by atoms with Crippen LogP contribution in [0.15, 0.2) is 54.6 Å². The third-order valence-electron chi connectivity index (χ3n) is 5.26. The Morgan fingerprint density at radius 2 is 1.71 bits per heavy atom. The van der Waals surface area contributed by atoms with Gasteiger partial charge in [0.15, 0.2) is 5.69 Å². The molecular formula is C21H24ClN5O. The first-order chi connectivity index (χ1) is 13.0. The molecule has 4 rings (SSSR count). The van der Waals surface area contributed by atoms with Gasteiger partial charge in [0, 0.05) is 25.0 Å². The zero-order chi connectivity index (χ0) is 19.0. The average molecular weight is 398 g/mol. The highest BCUT2D eigenvalue weighted by atomic mass is 35.5. The Morgan fingerprint density at radius 3 is 2.39 bits per heavy atom. The lowest BCUT2D eigenvalue weighted by Crippen LogP contribution is -2.32. The van der Waals surface area contributed by atoms with Crippen LogP contribution in [0.2, 0.25) is 0 Å². The predicted octanol–water partition coefficient (Wildman–Crippen LogP) is 2.87. The maximum atomic E-state index is 13.0. The molecule has 28 heavy (non-hydrogen) atoms. The molecule has 1 fully saturated rings. The molecule has 1 aromatic heterocycles. The van der Waals surface area contributed by atoms with E-state index >= 15 is 0 Å². The van der Waals surface area contributed by atoms with E-state index < -0.39 is 0 Å². The summed E-state index contributed by atoms with van der Waals surface area (Å²) >= 11 is 0. The van der Waals surface area contributed by atoms with Crippen molar-refractivity contribution in [3.8, 4) is 5.69 Å². The summed E-state index contributed by atoms with van der Waals surface area (Å²) in [6.45, 7) is 5.03. The average Bonchev–Trinajstić information content (AvgIpc) is 3.26. The molecule has 6 nitrogen and oxygen atoms in total. The van der Waals surface area contributed by atoms with Gasteiger partial charge in [0.2, 0.25) is 0 Å². The Balaban J connectivity index is 0.00000225. The van der Waals surface area contributed by atoms with Crippen molar-refractivity contribution in [1.82, 2.24) is 19.9 Å². The first kappa shape index (κ1) is 20.0. The van der Waals surface area contributed by atoms with Gasteiger partial charge in [0.05, 0.1) is 11.4 Å². The van der Waals surface area contributed by atoms with Crippen LogP contribution in [0.1, 0.15) is 33.2 Å². The summed E-state index contributed by atoms with van der Waals surface area (Å²) < 4.78 is 1.71. The summed E-state index contributed by atoms with van der Waals surface area (Å²) in [5.74, 6) is 0.0299. The molecular weight excluding hydrogens is 374 g/mol. The fourth-order valence-corrected chi connectivity index (χ4v) is 3.66. The van der Waals surface area contributed by atoms with Crippen LogP contribution >= 0.6 is 12.4 Å². The monoisotopic (exact) mass is 397 g/mol. The molecule has 0 unspecified atom stereocenters. The number of halogens is 1. The predicted molar refractivity (Wildman–Crippen MR) is 111 cm³/mol. The van der Waals surface area contributed by atoms with E-state index in [9.17, 15) is 4.79 Å². The third-order valence-corrected chi connectivity index (χ3v) is 5.26. The summed E-state index contributed by atoms with van der Waals surface area (Å²) in [6, 6.07) is 18.0. The lowest BCUT2D eigenvalue weighted by Gasteiger charge is -2.15. The highest BCUT2D eigenvalue weighted by Gasteiger charge is 2.35. The second-order valence-electron chi connectivity index (χ2n) is 7.16. The van der Waals surface area contributed by atoms with Crippen molar-refractivity contribution in [3.63, 3.8) is 0 Å². The number of amides is 1. The number of hydrogen-bond donors (Lipinski definition) is 1. The number of likely N-dealkylation sites (tertiary alicyclic amines) is 1. The van der Waals surface area contributed by atoms with Gasteiger partial charge in [-0.15, -0.1) is 17.5 Å². The molecule has 1 amide bonds. The van der Waals surface area contributed by atoms with Crippen molar-refractivity contribution >= 4 is 18.3 Å². The second-order valence-corrected chi connectivity index (χ2v) is 7.16. The Bertz CT molecular complexity index is 955. The molecule has 2 atom stereocenters. The lowest BCUT2D eigenvalue weighted by molar-refractivity contribution is 0.0782. The van der Waals surface area contributed by atoms with E-state index in [1.54, 1.807) is 9.58 Å². The Kier molecular flexibility index (Phi) is 5.82. The van der Waals surface area contributed by atoms with Crippen molar-refractivity contribution in [2.75, 3.05) is 13.1 Å². The molecule has 2 heterocycles. The van der Waals surface area contributed by atoms with Crippen LogP contribution in [0.5, 0.6) is 0 Å². The summed E-state index contributed by atoms with van der Waals surface area (Å²) in [5.41, 5.74) is 10.7. The molecule has 146 valence electrons. The number of benzene rings is 2.